The fraction of sp³-hybridized carbons (Fsp3) is 0.333. The highest BCUT2D eigenvalue weighted by molar-refractivity contribution is 6.32. The first-order valence-electron chi connectivity index (χ1n) is 9.42. The number of aryl methyl sites for hydroxylation is 1. The van der Waals surface area contributed by atoms with Gasteiger partial charge in [0.25, 0.3) is 5.91 Å². The van der Waals surface area contributed by atoms with E-state index >= 15 is 0 Å². The van der Waals surface area contributed by atoms with Gasteiger partial charge in [-0.1, -0.05) is 17.7 Å². The molecule has 2 aromatic rings. The molecular formula is C21H22ClFN3O2+. The second kappa shape index (κ2) is 7.53. The van der Waals surface area contributed by atoms with Gasteiger partial charge in [0.15, 0.2) is 6.04 Å². The predicted octanol–water partition coefficient (Wildman–Crippen LogP) is 1.82. The predicted molar refractivity (Wildman–Crippen MR) is 106 cm³/mol. The first kappa shape index (κ1) is 18.9. The number of hydrogen-bond donors (Lipinski definition) is 1. The van der Waals surface area contributed by atoms with E-state index in [4.69, 9.17) is 11.6 Å². The Balaban J connectivity index is 1.44. The van der Waals surface area contributed by atoms with Crippen LogP contribution in [0.5, 0.6) is 0 Å². The van der Waals surface area contributed by atoms with E-state index in [-0.39, 0.29) is 30.1 Å². The van der Waals surface area contributed by atoms with Gasteiger partial charge in [-0.2, -0.15) is 0 Å². The molecule has 146 valence electrons. The molecule has 4 rings (SSSR count). The Kier molecular flexibility index (Phi) is 5.08. The smallest absolute Gasteiger partial charge is 0.292 e. The van der Waals surface area contributed by atoms with Crippen molar-refractivity contribution in [3.05, 3.63) is 58.9 Å². The largest absolute Gasteiger partial charge is 0.360 e. The molecule has 0 aromatic heterocycles. The summed E-state index contributed by atoms with van der Waals surface area (Å²) in [5, 5.41) is 0.543. The van der Waals surface area contributed by atoms with Crippen LogP contribution >= 0.6 is 11.6 Å². The van der Waals surface area contributed by atoms with Crippen molar-refractivity contribution in [2.24, 2.45) is 0 Å². The zero-order chi connectivity index (χ0) is 19.8. The van der Waals surface area contributed by atoms with Gasteiger partial charge in [0.1, 0.15) is 5.82 Å². The van der Waals surface area contributed by atoms with Crippen molar-refractivity contribution in [3.63, 3.8) is 0 Å². The summed E-state index contributed by atoms with van der Waals surface area (Å²) in [5.74, 6) is -0.585. The summed E-state index contributed by atoms with van der Waals surface area (Å²) in [6.07, 6.45) is 0.218. The number of imide groups is 1. The lowest BCUT2D eigenvalue weighted by molar-refractivity contribution is -0.915. The molecule has 2 fully saturated rings. The Morgan fingerprint density at radius 3 is 2.32 bits per heavy atom. The number of carbonyl (C=O) groups is 2. The van der Waals surface area contributed by atoms with Gasteiger partial charge in [-0.3, -0.25) is 9.59 Å². The fourth-order valence-electron chi connectivity index (χ4n) is 4.00. The van der Waals surface area contributed by atoms with E-state index in [1.807, 2.05) is 13.0 Å². The maximum atomic E-state index is 13.1. The summed E-state index contributed by atoms with van der Waals surface area (Å²) in [4.78, 5) is 30.1. The standard InChI is InChI=1S/C21H21ClFN3O2/c1-14-2-5-17(12-18(14)22)26-20(27)13-19(21(26)28)25-10-8-24(9-11-25)16-6-3-15(23)4-7-16/h2-7,12,19H,8-11,13H2,1H3/p+1/t19-/m0/s1. The summed E-state index contributed by atoms with van der Waals surface area (Å²) >= 11 is 6.17. The maximum absolute atomic E-state index is 13.1. The van der Waals surface area contributed by atoms with Crippen molar-refractivity contribution < 1.29 is 18.9 Å². The Hall–Kier alpha value is -2.44. The number of carbonyl (C=O) groups excluding carboxylic acids is 2. The number of amides is 2. The van der Waals surface area contributed by atoms with E-state index in [9.17, 15) is 14.0 Å². The van der Waals surface area contributed by atoms with Gasteiger partial charge in [0.05, 0.1) is 38.3 Å². The topological polar surface area (TPSA) is 45.1 Å². The van der Waals surface area contributed by atoms with Gasteiger partial charge < -0.3 is 9.80 Å². The van der Waals surface area contributed by atoms with Crippen molar-refractivity contribution in [1.29, 1.82) is 0 Å². The summed E-state index contributed by atoms with van der Waals surface area (Å²) in [5.41, 5.74) is 2.42. The summed E-state index contributed by atoms with van der Waals surface area (Å²) in [7, 11) is 0. The normalized spacial score (nSPS) is 20.9. The van der Waals surface area contributed by atoms with Crippen molar-refractivity contribution in [3.8, 4) is 0 Å². The molecule has 28 heavy (non-hydrogen) atoms. The van der Waals surface area contributed by atoms with E-state index in [2.05, 4.69) is 4.90 Å². The van der Waals surface area contributed by atoms with Gasteiger partial charge >= 0.3 is 0 Å². The molecule has 2 saturated heterocycles. The van der Waals surface area contributed by atoms with Crippen molar-refractivity contribution in [2.45, 2.75) is 19.4 Å². The number of nitrogens with zero attached hydrogens (tertiary/aromatic N) is 2. The van der Waals surface area contributed by atoms with Crippen molar-refractivity contribution in [1.82, 2.24) is 0 Å². The minimum absolute atomic E-state index is 0.157. The van der Waals surface area contributed by atoms with Gasteiger partial charge in [0, 0.05) is 10.7 Å². The highest BCUT2D eigenvalue weighted by Gasteiger charge is 2.46. The van der Waals surface area contributed by atoms with Crippen LogP contribution in [-0.4, -0.2) is 44.0 Å². The molecule has 0 unspecified atom stereocenters. The molecule has 0 saturated carbocycles. The number of anilines is 2. The quantitative estimate of drug-likeness (QED) is 0.797. The molecule has 0 aliphatic carbocycles. The number of piperazine rings is 1. The molecule has 2 aromatic carbocycles. The SMILES string of the molecule is Cc1ccc(N2C(=O)C[C@H]([NH+]3CCN(c4ccc(F)cc4)CC3)C2=O)cc1Cl. The van der Waals surface area contributed by atoms with E-state index in [0.717, 1.165) is 42.3 Å². The number of quaternary nitrogens is 1. The van der Waals surface area contributed by atoms with E-state index in [1.54, 1.807) is 24.3 Å². The highest BCUT2D eigenvalue weighted by atomic mass is 35.5. The minimum atomic E-state index is -0.358. The Morgan fingerprint density at radius 1 is 1.04 bits per heavy atom. The molecule has 2 aliphatic heterocycles. The summed E-state index contributed by atoms with van der Waals surface area (Å²) < 4.78 is 13.1. The average Bonchev–Trinajstić information content (AvgIpc) is 2.99. The maximum Gasteiger partial charge on any atom is 0.292 e. The highest BCUT2D eigenvalue weighted by Crippen LogP contribution is 2.27. The van der Waals surface area contributed by atoms with E-state index in [1.165, 1.54) is 17.0 Å². The van der Waals surface area contributed by atoms with Crippen LogP contribution < -0.4 is 14.7 Å². The van der Waals surface area contributed by atoms with Crippen LogP contribution in [0.25, 0.3) is 0 Å². The van der Waals surface area contributed by atoms with Crippen LogP contribution in [0.3, 0.4) is 0 Å². The Bertz CT molecular complexity index is 910. The molecule has 1 N–H and O–H groups in total. The zero-order valence-corrected chi connectivity index (χ0v) is 16.4. The van der Waals surface area contributed by atoms with Gasteiger partial charge in [0.2, 0.25) is 5.91 Å². The third kappa shape index (κ3) is 3.50. The lowest BCUT2D eigenvalue weighted by atomic mass is 10.1. The first-order valence-corrected chi connectivity index (χ1v) is 9.80. The number of halogens is 2. The molecule has 0 spiro atoms. The monoisotopic (exact) mass is 402 g/mol. The average molecular weight is 403 g/mol. The Morgan fingerprint density at radius 2 is 1.68 bits per heavy atom. The third-order valence-corrected chi connectivity index (χ3v) is 6.06. The number of rotatable bonds is 3. The van der Waals surface area contributed by atoms with Gasteiger partial charge in [-0.25, -0.2) is 9.29 Å². The lowest BCUT2D eigenvalue weighted by Gasteiger charge is -2.35. The van der Waals surface area contributed by atoms with Crippen LogP contribution in [0, 0.1) is 12.7 Å². The molecular weight excluding hydrogens is 381 g/mol. The second-order valence-corrected chi connectivity index (χ2v) is 7.79. The van der Waals surface area contributed by atoms with E-state index < -0.39 is 0 Å². The molecule has 5 nitrogen and oxygen atoms in total. The first-order chi connectivity index (χ1) is 13.4. The van der Waals surface area contributed by atoms with Crippen molar-refractivity contribution in [2.75, 3.05) is 36.0 Å². The van der Waals surface area contributed by atoms with Crippen LogP contribution in [-0.2, 0) is 9.59 Å². The van der Waals surface area contributed by atoms with Gasteiger partial charge in [-0.15, -0.1) is 0 Å². The molecule has 2 amide bonds. The molecule has 0 radical (unpaired) electrons. The van der Waals surface area contributed by atoms with Crippen molar-refractivity contribution >= 4 is 34.8 Å². The second-order valence-electron chi connectivity index (χ2n) is 7.38. The molecule has 2 heterocycles. The lowest BCUT2D eigenvalue weighted by Crippen LogP contribution is -3.19. The number of hydrogen-bond acceptors (Lipinski definition) is 3. The fourth-order valence-corrected chi connectivity index (χ4v) is 4.17. The van der Waals surface area contributed by atoms with E-state index in [0.29, 0.717) is 10.7 Å². The molecule has 7 heteroatoms. The molecule has 0 bridgehead atoms. The van der Waals surface area contributed by atoms with Crippen LogP contribution in [0.4, 0.5) is 15.8 Å². The Labute approximate surface area is 168 Å². The molecule has 1 atom stereocenters. The molecule has 2 aliphatic rings. The van der Waals surface area contributed by atoms with Crippen LogP contribution in [0.2, 0.25) is 5.02 Å². The summed E-state index contributed by atoms with van der Waals surface area (Å²) in [6.45, 7) is 4.91. The van der Waals surface area contributed by atoms with Gasteiger partial charge in [-0.05, 0) is 48.9 Å². The number of nitrogens with one attached hydrogen (secondary N) is 1. The minimum Gasteiger partial charge on any atom is -0.360 e. The third-order valence-electron chi connectivity index (χ3n) is 5.65. The number of benzene rings is 2. The summed E-state index contributed by atoms with van der Waals surface area (Å²) in [6, 6.07) is 11.4. The van der Waals surface area contributed by atoms with Crippen LogP contribution in [0.1, 0.15) is 12.0 Å². The van der Waals surface area contributed by atoms with Crippen LogP contribution in [0.15, 0.2) is 42.5 Å². The zero-order valence-electron chi connectivity index (χ0n) is 15.6.